The fourth-order valence-corrected chi connectivity index (χ4v) is 5.10. The van der Waals surface area contributed by atoms with Crippen LogP contribution in [0.4, 0.5) is 15.9 Å². The highest BCUT2D eigenvalue weighted by Gasteiger charge is 2.28. The van der Waals surface area contributed by atoms with Gasteiger partial charge in [0.05, 0.1) is 6.04 Å². The first-order valence-electron chi connectivity index (χ1n) is 11.9. The van der Waals surface area contributed by atoms with E-state index in [1.165, 1.54) is 11.8 Å². The van der Waals surface area contributed by atoms with E-state index in [1.807, 2.05) is 22.7 Å². The molecule has 6 rings (SSSR count). The van der Waals surface area contributed by atoms with Gasteiger partial charge in [-0.15, -0.1) is 15.3 Å². The van der Waals surface area contributed by atoms with Gasteiger partial charge < -0.3 is 14.7 Å². The van der Waals surface area contributed by atoms with E-state index in [0.29, 0.717) is 5.65 Å². The molecule has 174 valence electrons. The first kappa shape index (κ1) is 21.0. The molecule has 2 aliphatic rings. The second-order valence-electron chi connectivity index (χ2n) is 9.23. The lowest BCUT2D eigenvalue weighted by Crippen LogP contribution is -2.44. The number of anilines is 2. The first-order valence-corrected chi connectivity index (χ1v) is 11.9. The molecule has 4 aromatic rings. The van der Waals surface area contributed by atoms with E-state index in [0.717, 1.165) is 68.3 Å². The average Bonchev–Trinajstić information content (AvgIpc) is 3.52. The minimum atomic E-state index is -0.200. The molecule has 1 atom stereocenters. The minimum Gasteiger partial charge on any atom is -0.369 e. The summed E-state index contributed by atoms with van der Waals surface area (Å²) in [7, 11) is 2.17. The number of fused-ring (bicyclic) bond motifs is 1. The lowest BCUT2D eigenvalue weighted by Gasteiger charge is -2.34. The molecule has 0 saturated carbocycles. The van der Waals surface area contributed by atoms with Crippen molar-refractivity contribution in [3.63, 3.8) is 0 Å². The van der Waals surface area contributed by atoms with Crippen LogP contribution in [0, 0.1) is 5.82 Å². The van der Waals surface area contributed by atoms with Crippen molar-refractivity contribution in [2.45, 2.75) is 18.9 Å². The SMILES string of the molecule is CN1CCN(c2ccc(-c3nnc4ccc(N5CCCC5c5cccc(F)c5)nn34)cc2)CC1. The van der Waals surface area contributed by atoms with E-state index in [9.17, 15) is 4.39 Å². The lowest BCUT2D eigenvalue weighted by atomic mass is 10.0. The van der Waals surface area contributed by atoms with Gasteiger partial charge in [-0.1, -0.05) is 12.1 Å². The van der Waals surface area contributed by atoms with Crippen LogP contribution in [0.15, 0.2) is 60.7 Å². The van der Waals surface area contributed by atoms with E-state index in [-0.39, 0.29) is 11.9 Å². The number of piperazine rings is 1. The maximum absolute atomic E-state index is 13.9. The molecule has 7 nitrogen and oxygen atoms in total. The monoisotopic (exact) mass is 457 g/mol. The average molecular weight is 458 g/mol. The number of hydrogen-bond acceptors (Lipinski definition) is 6. The summed E-state index contributed by atoms with van der Waals surface area (Å²) in [5, 5.41) is 13.7. The van der Waals surface area contributed by atoms with Gasteiger partial charge in [-0.3, -0.25) is 0 Å². The maximum atomic E-state index is 13.9. The van der Waals surface area contributed by atoms with Gasteiger partial charge in [-0.2, -0.15) is 4.52 Å². The molecule has 0 bridgehead atoms. The van der Waals surface area contributed by atoms with Gasteiger partial charge in [0.1, 0.15) is 11.6 Å². The summed E-state index contributed by atoms with van der Waals surface area (Å²) in [4.78, 5) is 7.03. The summed E-state index contributed by atoms with van der Waals surface area (Å²) in [6.07, 6.45) is 2.02. The quantitative estimate of drug-likeness (QED) is 0.461. The Hall–Kier alpha value is -3.52. The molecule has 2 fully saturated rings. The van der Waals surface area contributed by atoms with Crippen LogP contribution in [0.5, 0.6) is 0 Å². The molecule has 8 heteroatoms. The Morgan fingerprint density at radius 2 is 1.71 bits per heavy atom. The molecular weight excluding hydrogens is 429 g/mol. The Morgan fingerprint density at radius 3 is 2.50 bits per heavy atom. The second-order valence-corrected chi connectivity index (χ2v) is 9.23. The summed E-state index contributed by atoms with van der Waals surface area (Å²) >= 11 is 0. The Bertz CT molecular complexity index is 1290. The van der Waals surface area contributed by atoms with Gasteiger partial charge in [0.15, 0.2) is 11.5 Å². The van der Waals surface area contributed by atoms with Gasteiger partial charge >= 0.3 is 0 Å². The van der Waals surface area contributed by atoms with Crippen molar-refractivity contribution in [2.24, 2.45) is 0 Å². The molecule has 0 spiro atoms. The number of aromatic nitrogens is 4. The zero-order chi connectivity index (χ0) is 23.1. The minimum absolute atomic E-state index is 0.114. The molecule has 4 heterocycles. The fourth-order valence-electron chi connectivity index (χ4n) is 5.10. The Kier molecular flexibility index (Phi) is 5.37. The molecular formula is C26H28FN7. The van der Waals surface area contributed by atoms with Crippen LogP contribution in [0.25, 0.3) is 17.0 Å². The maximum Gasteiger partial charge on any atom is 0.185 e. The first-order chi connectivity index (χ1) is 16.7. The third kappa shape index (κ3) is 3.88. The molecule has 0 amide bonds. The highest BCUT2D eigenvalue weighted by Crippen LogP contribution is 2.35. The molecule has 2 aromatic carbocycles. The number of nitrogens with zero attached hydrogens (tertiary/aromatic N) is 7. The topological polar surface area (TPSA) is 52.8 Å². The van der Waals surface area contributed by atoms with E-state index < -0.39 is 0 Å². The summed E-state index contributed by atoms with van der Waals surface area (Å²) in [6.45, 7) is 5.12. The smallest absolute Gasteiger partial charge is 0.185 e. The summed E-state index contributed by atoms with van der Waals surface area (Å²) in [6, 6.07) is 19.5. The van der Waals surface area contributed by atoms with Crippen molar-refractivity contribution in [2.75, 3.05) is 49.6 Å². The highest BCUT2D eigenvalue weighted by molar-refractivity contribution is 5.63. The molecule has 1 unspecified atom stereocenters. The van der Waals surface area contributed by atoms with Crippen LogP contribution in [-0.4, -0.2) is 64.5 Å². The molecule has 2 saturated heterocycles. The van der Waals surface area contributed by atoms with Crippen molar-refractivity contribution in [1.82, 2.24) is 24.7 Å². The number of halogens is 1. The third-order valence-corrected chi connectivity index (χ3v) is 7.02. The lowest BCUT2D eigenvalue weighted by molar-refractivity contribution is 0.313. The predicted molar refractivity (Wildman–Crippen MR) is 132 cm³/mol. The van der Waals surface area contributed by atoms with Crippen LogP contribution in [-0.2, 0) is 0 Å². The van der Waals surface area contributed by atoms with Crippen molar-refractivity contribution in [3.05, 3.63) is 72.0 Å². The molecule has 0 N–H and O–H groups in total. The van der Waals surface area contributed by atoms with Crippen LogP contribution < -0.4 is 9.80 Å². The van der Waals surface area contributed by atoms with E-state index in [2.05, 4.69) is 56.2 Å². The van der Waals surface area contributed by atoms with Crippen molar-refractivity contribution in [3.8, 4) is 11.4 Å². The highest BCUT2D eigenvalue weighted by atomic mass is 19.1. The zero-order valence-corrected chi connectivity index (χ0v) is 19.3. The standard InChI is InChI=1S/C26H28FN7/c1-31-14-16-32(17-15-31)22-9-7-19(8-10-22)26-29-28-24-11-12-25(30-34(24)26)33-13-3-6-23(33)20-4-2-5-21(27)18-20/h2,4-5,7-12,18,23H,3,6,13-17H2,1H3. The second kappa shape index (κ2) is 8.68. The number of hydrogen-bond donors (Lipinski definition) is 0. The van der Waals surface area contributed by atoms with Crippen LogP contribution >= 0.6 is 0 Å². The normalized spacial score (nSPS) is 19.3. The number of likely N-dealkylation sites (N-methyl/N-ethyl adjacent to an activating group) is 1. The van der Waals surface area contributed by atoms with Gasteiger partial charge in [-0.25, -0.2) is 4.39 Å². The molecule has 2 aromatic heterocycles. The third-order valence-electron chi connectivity index (χ3n) is 7.02. The largest absolute Gasteiger partial charge is 0.369 e. The Labute approximate surface area is 198 Å². The molecule has 34 heavy (non-hydrogen) atoms. The van der Waals surface area contributed by atoms with E-state index >= 15 is 0 Å². The number of benzene rings is 2. The van der Waals surface area contributed by atoms with E-state index in [1.54, 1.807) is 12.1 Å². The van der Waals surface area contributed by atoms with Crippen molar-refractivity contribution >= 4 is 17.2 Å². The van der Waals surface area contributed by atoms with Gasteiger partial charge in [0.25, 0.3) is 0 Å². The number of rotatable bonds is 4. The zero-order valence-electron chi connectivity index (χ0n) is 19.3. The van der Waals surface area contributed by atoms with Gasteiger partial charge in [0, 0.05) is 44.0 Å². The van der Waals surface area contributed by atoms with Crippen molar-refractivity contribution in [1.29, 1.82) is 0 Å². The van der Waals surface area contributed by atoms with Crippen molar-refractivity contribution < 1.29 is 4.39 Å². The van der Waals surface area contributed by atoms with Gasteiger partial charge in [0.2, 0.25) is 0 Å². The summed E-state index contributed by atoms with van der Waals surface area (Å²) in [5.74, 6) is 1.38. The molecule has 2 aliphatic heterocycles. The van der Waals surface area contributed by atoms with Crippen LogP contribution in [0.2, 0.25) is 0 Å². The summed E-state index contributed by atoms with van der Waals surface area (Å²) in [5.41, 5.74) is 3.92. The van der Waals surface area contributed by atoms with E-state index in [4.69, 9.17) is 5.10 Å². The van der Waals surface area contributed by atoms with Crippen LogP contribution in [0.1, 0.15) is 24.4 Å². The molecule has 0 aliphatic carbocycles. The molecule has 0 radical (unpaired) electrons. The Balaban J connectivity index is 1.29. The Morgan fingerprint density at radius 1 is 0.882 bits per heavy atom. The van der Waals surface area contributed by atoms with Crippen LogP contribution in [0.3, 0.4) is 0 Å². The summed E-state index contributed by atoms with van der Waals surface area (Å²) < 4.78 is 15.7. The predicted octanol–water partition coefficient (Wildman–Crippen LogP) is 4.02. The fraction of sp³-hybridized carbons (Fsp3) is 0.346. The van der Waals surface area contributed by atoms with Gasteiger partial charge in [-0.05, 0) is 74.0 Å².